The average Bonchev–Trinajstić information content (AvgIpc) is 2.26. The summed E-state index contributed by atoms with van der Waals surface area (Å²) in [4.78, 5) is 0. The van der Waals surface area contributed by atoms with E-state index in [2.05, 4.69) is 26.1 Å². The Labute approximate surface area is 94.5 Å². The van der Waals surface area contributed by atoms with Gasteiger partial charge in [-0.1, -0.05) is 13.8 Å². The van der Waals surface area contributed by atoms with Crippen molar-refractivity contribution in [2.24, 2.45) is 5.92 Å². The van der Waals surface area contributed by atoms with Gasteiger partial charge in [-0.05, 0) is 32.7 Å². The van der Waals surface area contributed by atoms with E-state index < -0.39 is 0 Å². The van der Waals surface area contributed by atoms with Crippen molar-refractivity contribution >= 4 is 0 Å². The summed E-state index contributed by atoms with van der Waals surface area (Å²) in [6, 6.07) is 0.421. The van der Waals surface area contributed by atoms with Gasteiger partial charge < -0.3 is 14.8 Å². The van der Waals surface area contributed by atoms with Crippen LogP contribution in [0.15, 0.2) is 0 Å². The molecule has 0 saturated heterocycles. The van der Waals surface area contributed by atoms with Crippen LogP contribution in [0, 0.1) is 5.92 Å². The predicted molar refractivity (Wildman–Crippen MR) is 64.2 cm³/mol. The van der Waals surface area contributed by atoms with Gasteiger partial charge in [0.1, 0.15) is 0 Å². The van der Waals surface area contributed by atoms with Crippen LogP contribution in [0.5, 0.6) is 0 Å². The zero-order chi connectivity index (χ0) is 11.7. The fourth-order valence-corrected chi connectivity index (χ4v) is 2.01. The molecule has 3 nitrogen and oxygen atoms in total. The number of rotatable bonds is 9. The second kappa shape index (κ2) is 9.13. The molecule has 0 spiro atoms. The van der Waals surface area contributed by atoms with Crippen molar-refractivity contribution in [2.75, 3.05) is 27.4 Å². The van der Waals surface area contributed by atoms with Crippen molar-refractivity contribution in [3.8, 4) is 0 Å². The fraction of sp³-hybridized carbons (Fsp3) is 1.00. The lowest BCUT2D eigenvalue weighted by molar-refractivity contribution is 0.0151. The lowest BCUT2D eigenvalue weighted by Gasteiger charge is -2.30. The van der Waals surface area contributed by atoms with E-state index in [9.17, 15) is 0 Å². The van der Waals surface area contributed by atoms with Crippen LogP contribution >= 0.6 is 0 Å². The second-order valence-electron chi connectivity index (χ2n) is 3.98. The van der Waals surface area contributed by atoms with Crippen LogP contribution < -0.4 is 5.32 Å². The minimum Gasteiger partial charge on any atom is -0.385 e. The van der Waals surface area contributed by atoms with Crippen LogP contribution in [-0.4, -0.2) is 39.5 Å². The van der Waals surface area contributed by atoms with Crippen molar-refractivity contribution in [1.29, 1.82) is 0 Å². The molecule has 3 heteroatoms. The number of likely N-dealkylation sites (N-methyl/N-ethyl adjacent to an activating group) is 1. The third-order valence-electron chi connectivity index (χ3n) is 2.91. The number of ether oxygens (including phenoxy) is 2. The summed E-state index contributed by atoms with van der Waals surface area (Å²) < 4.78 is 10.9. The van der Waals surface area contributed by atoms with E-state index in [1.807, 2.05) is 7.05 Å². The van der Waals surface area contributed by atoms with Gasteiger partial charge in [-0.3, -0.25) is 0 Å². The molecule has 0 aromatic rings. The second-order valence-corrected chi connectivity index (χ2v) is 3.98. The highest BCUT2D eigenvalue weighted by molar-refractivity contribution is 4.80. The van der Waals surface area contributed by atoms with Gasteiger partial charge in [0.2, 0.25) is 0 Å². The van der Waals surface area contributed by atoms with E-state index in [1.54, 1.807) is 7.11 Å². The summed E-state index contributed by atoms with van der Waals surface area (Å²) in [5, 5.41) is 3.37. The molecule has 0 heterocycles. The number of methoxy groups -OCH3 is 1. The Morgan fingerprint density at radius 2 is 1.93 bits per heavy atom. The summed E-state index contributed by atoms with van der Waals surface area (Å²) in [5.74, 6) is 0.575. The Bertz CT molecular complexity index is 142. The zero-order valence-electron chi connectivity index (χ0n) is 10.9. The van der Waals surface area contributed by atoms with Gasteiger partial charge in [0.05, 0.1) is 6.10 Å². The molecule has 0 saturated carbocycles. The molecule has 3 atom stereocenters. The van der Waals surface area contributed by atoms with Crippen molar-refractivity contribution in [3.05, 3.63) is 0 Å². The first-order chi connectivity index (χ1) is 7.21. The largest absolute Gasteiger partial charge is 0.385 e. The summed E-state index contributed by atoms with van der Waals surface area (Å²) in [6.45, 7) is 8.08. The van der Waals surface area contributed by atoms with Crippen LogP contribution in [0.4, 0.5) is 0 Å². The smallest absolute Gasteiger partial charge is 0.0727 e. The minimum absolute atomic E-state index is 0.312. The molecule has 0 aromatic heterocycles. The lowest BCUT2D eigenvalue weighted by atomic mass is 9.92. The molecule has 15 heavy (non-hydrogen) atoms. The summed E-state index contributed by atoms with van der Waals surface area (Å²) in [7, 11) is 3.76. The van der Waals surface area contributed by atoms with Crippen molar-refractivity contribution in [2.45, 2.75) is 45.8 Å². The van der Waals surface area contributed by atoms with E-state index in [0.717, 1.165) is 26.1 Å². The van der Waals surface area contributed by atoms with Gasteiger partial charge >= 0.3 is 0 Å². The van der Waals surface area contributed by atoms with Gasteiger partial charge in [0, 0.05) is 26.4 Å². The van der Waals surface area contributed by atoms with Crippen LogP contribution in [0.1, 0.15) is 33.6 Å². The number of hydrogen-bond donors (Lipinski definition) is 1. The molecular weight excluding hydrogens is 190 g/mol. The topological polar surface area (TPSA) is 30.5 Å². The molecule has 0 fully saturated rings. The van der Waals surface area contributed by atoms with Gasteiger partial charge in [-0.2, -0.15) is 0 Å². The highest BCUT2D eigenvalue weighted by Crippen LogP contribution is 2.16. The first-order valence-electron chi connectivity index (χ1n) is 5.98. The first kappa shape index (κ1) is 14.9. The summed E-state index contributed by atoms with van der Waals surface area (Å²) in [5.41, 5.74) is 0. The third kappa shape index (κ3) is 5.50. The predicted octanol–water partition coefficient (Wildman–Crippen LogP) is 2.06. The Morgan fingerprint density at radius 1 is 1.27 bits per heavy atom. The molecule has 0 aromatic carbocycles. The number of nitrogens with one attached hydrogen (secondary N) is 1. The van der Waals surface area contributed by atoms with Gasteiger partial charge in [0.15, 0.2) is 0 Å². The lowest BCUT2D eigenvalue weighted by Crippen LogP contribution is -2.44. The minimum atomic E-state index is 0.312. The zero-order valence-corrected chi connectivity index (χ0v) is 10.9. The molecule has 0 rings (SSSR count). The van der Waals surface area contributed by atoms with Crippen molar-refractivity contribution < 1.29 is 9.47 Å². The highest BCUT2D eigenvalue weighted by atomic mass is 16.5. The SMILES string of the molecule is CCOC(CC)C(NC)C(C)CCOC. The van der Waals surface area contributed by atoms with E-state index in [-0.39, 0.29) is 0 Å². The van der Waals surface area contributed by atoms with Gasteiger partial charge in [-0.25, -0.2) is 0 Å². The monoisotopic (exact) mass is 217 g/mol. The molecule has 92 valence electrons. The molecule has 0 radical (unpaired) electrons. The average molecular weight is 217 g/mol. The summed E-state index contributed by atoms with van der Waals surface area (Å²) >= 11 is 0. The Hall–Kier alpha value is -0.120. The highest BCUT2D eigenvalue weighted by Gasteiger charge is 2.24. The van der Waals surface area contributed by atoms with Gasteiger partial charge in [0.25, 0.3) is 0 Å². The molecule has 0 aliphatic carbocycles. The maximum Gasteiger partial charge on any atom is 0.0727 e. The molecule has 0 amide bonds. The van der Waals surface area contributed by atoms with Crippen LogP contribution in [0.25, 0.3) is 0 Å². The number of hydrogen-bond acceptors (Lipinski definition) is 3. The molecule has 0 aliphatic heterocycles. The van der Waals surface area contributed by atoms with Crippen LogP contribution in [0.2, 0.25) is 0 Å². The quantitative estimate of drug-likeness (QED) is 0.641. The van der Waals surface area contributed by atoms with Crippen molar-refractivity contribution in [1.82, 2.24) is 5.32 Å². The van der Waals surface area contributed by atoms with E-state index in [1.165, 1.54) is 0 Å². The first-order valence-corrected chi connectivity index (χ1v) is 5.98. The van der Waals surface area contributed by atoms with E-state index in [4.69, 9.17) is 9.47 Å². The standard InChI is InChI=1S/C12H27NO2/c1-6-11(15-7-2)12(13-4)10(3)8-9-14-5/h10-13H,6-9H2,1-5H3. The third-order valence-corrected chi connectivity index (χ3v) is 2.91. The normalized spacial score (nSPS) is 17.4. The maximum absolute atomic E-state index is 5.74. The Balaban J connectivity index is 4.15. The molecular formula is C12H27NO2. The Morgan fingerprint density at radius 3 is 2.33 bits per heavy atom. The van der Waals surface area contributed by atoms with Gasteiger partial charge in [-0.15, -0.1) is 0 Å². The van der Waals surface area contributed by atoms with E-state index in [0.29, 0.717) is 18.1 Å². The molecule has 1 N–H and O–H groups in total. The van der Waals surface area contributed by atoms with Crippen LogP contribution in [0.3, 0.4) is 0 Å². The molecule has 0 aliphatic rings. The molecule has 3 unspecified atom stereocenters. The maximum atomic E-state index is 5.74. The Kier molecular flexibility index (Phi) is 9.06. The van der Waals surface area contributed by atoms with Crippen LogP contribution in [-0.2, 0) is 9.47 Å². The van der Waals surface area contributed by atoms with E-state index >= 15 is 0 Å². The molecule has 0 bridgehead atoms. The fourth-order valence-electron chi connectivity index (χ4n) is 2.01. The summed E-state index contributed by atoms with van der Waals surface area (Å²) in [6.07, 6.45) is 2.44. The van der Waals surface area contributed by atoms with Crippen molar-refractivity contribution in [3.63, 3.8) is 0 Å².